The van der Waals surface area contributed by atoms with Crippen molar-refractivity contribution in [3.8, 4) is 5.88 Å². The van der Waals surface area contributed by atoms with E-state index in [2.05, 4.69) is 16.5 Å². The molecule has 0 radical (unpaired) electrons. The lowest BCUT2D eigenvalue weighted by Gasteiger charge is -1.97. The first-order valence-electron chi connectivity index (χ1n) is 3.32. The zero-order chi connectivity index (χ0) is 8.10. The van der Waals surface area contributed by atoms with Gasteiger partial charge in [0.05, 0.1) is 25.2 Å². The van der Waals surface area contributed by atoms with Crippen LogP contribution in [-0.4, -0.2) is 17.1 Å². The van der Waals surface area contributed by atoms with Crippen molar-refractivity contribution in [3.63, 3.8) is 0 Å². The molecule has 1 aromatic heterocycles. The highest BCUT2D eigenvalue weighted by molar-refractivity contribution is 5.08. The summed E-state index contributed by atoms with van der Waals surface area (Å²) in [6, 6.07) is 0. The molecule has 58 valence electrons. The van der Waals surface area contributed by atoms with Crippen LogP contribution in [0.2, 0.25) is 0 Å². The van der Waals surface area contributed by atoms with Crippen LogP contribution in [0.15, 0.2) is 25.0 Å². The van der Waals surface area contributed by atoms with E-state index < -0.39 is 0 Å². The number of hydrogen-bond donors (Lipinski definition) is 0. The molecule has 3 nitrogen and oxygen atoms in total. The second-order valence-corrected chi connectivity index (χ2v) is 2.04. The van der Waals surface area contributed by atoms with Crippen molar-refractivity contribution in [2.24, 2.45) is 0 Å². The minimum atomic E-state index is 0.540. The van der Waals surface area contributed by atoms with Crippen LogP contribution in [0.4, 0.5) is 0 Å². The van der Waals surface area contributed by atoms with Crippen LogP contribution in [0.3, 0.4) is 0 Å². The van der Waals surface area contributed by atoms with Gasteiger partial charge in [-0.1, -0.05) is 6.08 Å². The van der Waals surface area contributed by atoms with Crippen LogP contribution >= 0.6 is 0 Å². The predicted octanol–water partition coefficient (Wildman–Crippen LogP) is 1.21. The summed E-state index contributed by atoms with van der Waals surface area (Å²) < 4.78 is 4.85. The smallest absolute Gasteiger partial charge is 0.231 e. The van der Waals surface area contributed by atoms with E-state index in [4.69, 9.17) is 4.74 Å². The summed E-state index contributed by atoms with van der Waals surface area (Å²) in [5.74, 6) is 0.540. The van der Waals surface area contributed by atoms with Gasteiger partial charge >= 0.3 is 0 Å². The fourth-order valence-corrected chi connectivity index (χ4v) is 0.702. The number of nitrogens with zero attached hydrogens (tertiary/aromatic N) is 2. The Balaban J connectivity index is 2.74. The fraction of sp³-hybridized carbons (Fsp3) is 0.250. The molecular formula is C8H10N2O. The third-order valence-corrected chi connectivity index (χ3v) is 1.24. The highest BCUT2D eigenvalue weighted by Crippen LogP contribution is 2.02. The summed E-state index contributed by atoms with van der Waals surface area (Å²) in [6.45, 7) is 3.60. The molecule has 0 aliphatic heterocycles. The maximum Gasteiger partial charge on any atom is 0.231 e. The van der Waals surface area contributed by atoms with Crippen LogP contribution in [-0.2, 0) is 6.42 Å². The van der Waals surface area contributed by atoms with Gasteiger partial charge in [0.15, 0.2) is 0 Å². The Kier molecular flexibility index (Phi) is 2.60. The summed E-state index contributed by atoms with van der Waals surface area (Å²) >= 11 is 0. The number of rotatable bonds is 3. The lowest BCUT2D eigenvalue weighted by Crippen LogP contribution is -1.92. The summed E-state index contributed by atoms with van der Waals surface area (Å²) in [4.78, 5) is 8.06. The van der Waals surface area contributed by atoms with Gasteiger partial charge < -0.3 is 4.74 Å². The second-order valence-electron chi connectivity index (χ2n) is 2.04. The van der Waals surface area contributed by atoms with Gasteiger partial charge in [-0.25, -0.2) is 4.98 Å². The van der Waals surface area contributed by atoms with Crippen molar-refractivity contribution in [2.75, 3.05) is 7.11 Å². The monoisotopic (exact) mass is 150 g/mol. The van der Waals surface area contributed by atoms with E-state index in [9.17, 15) is 0 Å². The number of ether oxygens (including phenoxy) is 1. The largest absolute Gasteiger partial charge is 0.480 e. The van der Waals surface area contributed by atoms with E-state index >= 15 is 0 Å². The highest BCUT2D eigenvalue weighted by atomic mass is 16.5. The van der Waals surface area contributed by atoms with Crippen molar-refractivity contribution in [1.82, 2.24) is 9.97 Å². The SMILES string of the molecule is C=CCc1cnc(OC)cn1. The van der Waals surface area contributed by atoms with Gasteiger partial charge in [-0.15, -0.1) is 6.58 Å². The number of methoxy groups -OCH3 is 1. The van der Waals surface area contributed by atoms with Gasteiger partial charge in [-0.2, -0.15) is 0 Å². The van der Waals surface area contributed by atoms with E-state index in [1.54, 1.807) is 25.6 Å². The van der Waals surface area contributed by atoms with Gasteiger partial charge in [0.2, 0.25) is 5.88 Å². The molecule has 0 saturated carbocycles. The van der Waals surface area contributed by atoms with E-state index in [0.717, 1.165) is 12.1 Å². The van der Waals surface area contributed by atoms with Crippen molar-refractivity contribution < 1.29 is 4.74 Å². The quantitative estimate of drug-likeness (QED) is 0.607. The average molecular weight is 150 g/mol. The van der Waals surface area contributed by atoms with E-state index in [0.29, 0.717) is 5.88 Å². The molecular weight excluding hydrogens is 140 g/mol. The van der Waals surface area contributed by atoms with Crippen molar-refractivity contribution in [1.29, 1.82) is 0 Å². The molecule has 0 atom stereocenters. The number of aromatic nitrogens is 2. The Hall–Kier alpha value is -1.38. The Labute approximate surface area is 65.8 Å². The fourth-order valence-electron chi connectivity index (χ4n) is 0.702. The molecule has 0 N–H and O–H groups in total. The van der Waals surface area contributed by atoms with Crippen molar-refractivity contribution >= 4 is 0 Å². The molecule has 0 aliphatic carbocycles. The molecule has 0 bridgehead atoms. The molecule has 0 unspecified atom stereocenters. The maximum absolute atomic E-state index is 4.85. The molecule has 1 aromatic rings. The Morgan fingerprint density at radius 3 is 2.82 bits per heavy atom. The van der Waals surface area contributed by atoms with Crippen molar-refractivity contribution in [2.45, 2.75) is 6.42 Å². The third kappa shape index (κ3) is 2.04. The maximum atomic E-state index is 4.85. The second kappa shape index (κ2) is 3.71. The molecule has 0 saturated heterocycles. The third-order valence-electron chi connectivity index (χ3n) is 1.24. The molecule has 0 fully saturated rings. The molecule has 0 aromatic carbocycles. The minimum Gasteiger partial charge on any atom is -0.480 e. The molecule has 1 rings (SSSR count). The van der Waals surface area contributed by atoms with E-state index in [1.807, 2.05) is 0 Å². The van der Waals surface area contributed by atoms with Crippen LogP contribution in [0, 0.1) is 0 Å². The van der Waals surface area contributed by atoms with Gasteiger partial charge in [0.25, 0.3) is 0 Å². The van der Waals surface area contributed by atoms with Crippen LogP contribution in [0.25, 0.3) is 0 Å². The summed E-state index contributed by atoms with van der Waals surface area (Å²) in [5.41, 5.74) is 0.904. The van der Waals surface area contributed by atoms with Gasteiger partial charge in [0, 0.05) is 6.42 Å². The van der Waals surface area contributed by atoms with Gasteiger partial charge in [-0.3, -0.25) is 4.98 Å². The predicted molar refractivity (Wildman–Crippen MR) is 42.5 cm³/mol. The molecule has 0 spiro atoms. The van der Waals surface area contributed by atoms with Crippen LogP contribution in [0.1, 0.15) is 5.69 Å². The normalized spacial score (nSPS) is 9.18. The van der Waals surface area contributed by atoms with E-state index in [1.165, 1.54) is 0 Å². The lowest BCUT2D eigenvalue weighted by molar-refractivity contribution is 0.395. The van der Waals surface area contributed by atoms with Gasteiger partial charge in [0.1, 0.15) is 0 Å². The van der Waals surface area contributed by atoms with Crippen LogP contribution < -0.4 is 4.74 Å². The van der Waals surface area contributed by atoms with Crippen LogP contribution in [0.5, 0.6) is 5.88 Å². The summed E-state index contributed by atoms with van der Waals surface area (Å²) in [5, 5.41) is 0. The topological polar surface area (TPSA) is 35.0 Å². The Morgan fingerprint density at radius 2 is 2.36 bits per heavy atom. The Morgan fingerprint density at radius 1 is 1.55 bits per heavy atom. The minimum absolute atomic E-state index is 0.540. The lowest BCUT2D eigenvalue weighted by atomic mass is 10.3. The summed E-state index contributed by atoms with van der Waals surface area (Å²) in [6.07, 6.45) is 5.81. The average Bonchev–Trinajstić information content (AvgIpc) is 2.07. The van der Waals surface area contributed by atoms with Gasteiger partial charge in [-0.05, 0) is 0 Å². The first-order valence-corrected chi connectivity index (χ1v) is 3.32. The standard InChI is InChI=1S/C8H10N2O/c1-3-4-7-5-10-8(11-2)6-9-7/h3,5-6H,1,4H2,2H3. The zero-order valence-electron chi connectivity index (χ0n) is 6.45. The van der Waals surface area contributed by atoms with E-state index in [-0.39, 0.29) is 0 Å². The number of hydrogen-bond acceptors (Lipinski definition) is 3. The Bertz CT molecular complexity index is 230. The highest BCUT2D eigenvalue weighted by Gasteiger charge is 1.93. The molecule has 0 aliphatic rings. The molecule has 3 heteroatoms. The summed E-state index contributed by atoms with van der Waals surface area (Å²) in [7, 11) is 1.57. The molecule has 11 heavy (non-hydrogen) atoms. The van der Waals surface area contributed by atoms with Crippen molar-refractivity contribution in [3.05, 3.63) is 30.7 Å². The first kappa shape index (κ1) is 7.72. The molecule has 1 heterocycles. The zero-order valence-corrected chi connectivity index (χ0v) is 6.45. The first-order chi connectivity index (χ1) is 5.36. The molecule has 0 amide bonds. The number of allylic oxidation sites excluding steroid dienone is 1.